The molecule has 3 nitrogen and oxygen atoms in total. The second-order valence-corrected chi connectivity index (χ2v) is 22.5. The predicted molar refractivity (Wildman–Crippen MR) is 333 cm³/mol. The van der Waals surface area contributed by atoms with Gasteiger partial charge in [0, 0.05) is 38.5 Å². The van der Waals surface area contributed by atoms with Crippen LogP contribution in [0, 0.1) is 0 Å². The van der Waals surface area contributed by atoms with Crippen molar-refractivity contribution in [1.29, 1.82) is 0 Å². The molecule has 374 valence electrons. The summed E-state index contributed by atoms with van der Waals surface area (Å²) in [4.78, 5) is 2.57. The molecule has 2 aromatic heterocycles. The summed E-state index contributed by atoms with van der Waals surface area (Å²) in [5, 5.41) is 7.32. The van der Waals surface area contributed by atoms with Crippen molar-refractivity contribution in [3.63, 3.8) is 0 Å². The van der Waals surface area contributed by atoms with Gasteiger partial charge < -0.3 is 13.9 Å². The highest BCUT2D eigenvalue weighted by atomic mass is 16.3. The lowest BCUT2D eigenvalue weighted by atomic mass is 9.65. The van der Waals surface area contributed by atoms with E-state index < -0.39 is 10.8 Å². The molecule has 13 aromatic carbocycles. The van der Waals surface area contributed by atoms with Gasteiger partial charge in [-0.3, -0.25) is 0 Å². The van der Waals surface area contributed by atoms with E-state index in [4.69, 9.17) is 4.42 Å². The molecular weight excluding hydrogens is 981 g/mol. The lowest BCUT2D eigenvalue weighted by Gasteiger charge is -2.39. The molecule has 15 aromatic rings. The minimum absolute atomic E-state index is 0.554. The number of anilines is 3. The van der Waals surface area contributed by atoms with Crippen LogP contribution in [0.3, 0.4) is 0 Å². The third kappa shape index (κ3) is 5.34. The SMILES string of the molecule is c1ccc2c(c1)-c1ccccc1C21c2cc(N(c3ccc(-c4ccc5oc6ccccc6c5c4)cc3)c3cccc4c3-c3ccccc3C43c4ccccc4-n4c5ccccc5c5cccc3c54)ccc2-c2c1ccc1ccccc21. The Bertz CT molecular complexity index is 5220. The van der Waals surface area contributed by atoms with Crippen LogP contribution in [0.1, 0.15) is 44.5 Å². The highest BCUT2D eigenvalue weighted by Crippen LogP contribution is 2.66. The van der Waals surface area contributed by atoms with Crippen molar-refractivity contribution in [3.05, 3.63) is 324 Å². The fraction of sp³-hybridized carbons (Fsp3) is 0.0256. The standard InChI is InChI=1S/C78H46N2O/c1-2-18-52-48(17-1)37-43-66-74(52)59-42-41-51(46-68(59)77(66)61-25-8-3-19-53(61)54-20-4-9-26-62(54)77)79(50-39-35-47(36-40-50)49-38-44-73-60(45-49)56-22-7-14-34-72(56)81-73)71-33-16-29-65-75(71)58-23-5-10-27-63(58)78(65)64-28-11-13-32-70(64)80-69-31-12-6-21-55(69)57-24-15-30-67(78)76(57)80/h1-46H. The Balaban J connectivity index is 0.895. The summed E-state index contributed by atoms with van der Waals surface area (Å²) in [6.07, 6.45) is 0. The van der Waals surface area contributed by atoms with E-state index in [-0.39, 0.29) is 0 Å². The van der Waals surface area contributed by atoms with Crippen molar-refractivity contribution >= 4 is 71.6 Å². The third-order valence-electron chi connectivity index (χ3n) is 19.0. The maximum Gasteiger partial charge on any atom is 0.135 e. The number of aromatic nitrogens is 1. The number of hydrogen-bond donors (Lipinski definition) is 0. The van der Waals surface area contributed by atoms with Gasteiger partial charge in [-0.15, -0.1) is 0 Å². The van der Waals surface area contributed by atoms with Gasteiger partial charge in [0.25, 0.3) is 0 Å². The Labute approximate surface area is 467 Å². The molecule has 3 aliphatic carbocycles. The van der Waals surface area contributed by atoms with Gasteiger partial charge in [0.15, 0.2) is 0 Å². The quantitative estimate of drug-likeness (QED) is 0.175. The molecule has 0 bridgehead atoms. The molecule has 0 N–H and O–H groups in total. The molecule has 4 aliphatic rings. The largest absolute Gasteiger partial charge is 0.456 e. The molecule has 1 atom stereocenters. The number of para-hydroxylation sites is 4. The van der Waals surface area contributed by atoms with Gasteiger partial charge in [-0.1, -0.05) is 218 Å². The Morgan fingerprint density at radius 3 is 1.70 bits per heavy atom. The Hall–Kier alpha value is -10.5. The number of benzene rings is 13. The first kappa shape index (κ1) is 43.5. The van der Waals surface area contributed by atoms with E-state index >= 15 is 0 Å². The van der Waals surface area contributed by atoms with Crippen LogP contribution in [0.25, 0.3) is 105 Å². The van der Waals surface area contributed by atoms with Gasteiger partial charge in [0.2, 0.25) is 0 Å². The Morgan fingerprint density at radius 1 is 0.309 bits per heavy atom. The maximum atomic E-state index is 6.30. The molecule has 0 fully saturated rings. The molecule has 81 heavy (non-hydrogen) atoms. The smallest absolute Gasteiger partial charge is 0.135 e. The Kier molecular flexibility index (Phi) is 8.39. The molecule has 3 heterocycles. The lowest BCUT2D eigenvalue weighted by Crippen LogP contribution is -2.33. The van der Waals surface area contributed by atoms with E-state index in [0.717, 1.165) is 50.1 Å². The van der Waals surface area contributed by atoms with Crippen molar-refractivity contribution in [2.75, 3.05) is 4.90 Å². The van der Waals surface area contributed by atoms with Crippen molar-refractivity contribution in [1.82, 2.24) is 4.57 Å². The second kappa shape index (κ2) is 15.6. The molecule has 1 aliphatic heterocycles. The summed E-state index contributed by atoms with van der Waals surface area (Å²) in [5.41, 5.74) is 28.1. The van der Waals surface area contributed by atoms with Crippen molar-refractivity contribution in [2.24, 2.45) is 0 Å². The normalized spacial score (nSPS) is 15.3. The summed E-state index contributed by atoms with van der Waals surface area (Å²) in [6.45, 7) is 0. The van der Waals surface area contributed by atoms with Crippen LogP contribution in [0.5, 0.6) is 0 Å². The summed E-state index contributed by atoms with van der Waals surface area (Å²) < 4.78 is 8.84. The highest BCUT2D eigenvalue weighted by Gasteiger charge is 2.54. The van der Waals surface area contributed by atoms with E-state index in [0.29, 0.717) is 0 Å². The molecule has 0 radical (unpaired) electrons. The van der Waals surface area contributed by atoms with Gasteiger partial charge in [0.1, 0.15) is 11.2 Å². The fourth-order valence-electron chi connectivity index (χ4n) is 15.9. The van der Waals surface area contributed by atoms with E-state index in [1.54, 1.807) is 0 Å². The maximum absolute atomic E-state index is 6.30. The van der Waals surface area contributed by atoms with E-state index in [2.05, 4.69) is 282 Å². The van der Waals surface area contributed by atoms with Gasteiger partial charge in [0.05, 0.1) is 33.2 Å². The first-order chi connectivity index (χ1) is 40.2. The van der Waals surface area contributed by atoms with Crippen LogP contribution in [0.2, 0.25) is 0 Å². The lowest BCUT2D eigenvalue weighted by molar-refractivity contribution is 0.669. The zero-order valence-electron chi connectivity index (χ0n) is 43.9. The van der Waals surface area contributed by atoms with Gasteiger partial charge in [-0.05, 0) is 155 Å². The number of rotatable bonds is 4. The third-order valence-corrected chi connectivity index (χ3v) is 19.0. The van der Waals surface area contributed by atoms with Crippen LogP contribution < -0.4 is 4.90 Å². The Morgan fingerprint density at radius 2 is 0.877 bits per heavy atom. The summed E-state index contributed by atoms with van der Waals surface area (Å²) in [6, 6.07) is 105. The van der Waals surface area contributed by atoms with Crippen LogP contribution >= 0.6 is 0 Å². The molecular formula is C78H46N2O. The first-order valence-electron chi connectivity index (χ1n) is 28.2. The number of hydrogen-bond acceptors (Lipinski definition) is 2. The molecule has 0 amide bonds. The summed E-state index contributed by atoms with van der Waals surface area (Å²) in [5.74, 6) is 0. The second-order valence-electron chi connectivity index (χ2n) is 22.5. The minimum atomic E-state index is -0.615. The van der Waals surface area contributed by atoms with Crippen LogP contribution in [0.4, 0.5) is 17.1 Å². The van der Waals surface area contributed by atoms with E-state index in [1.807, 2.05) is 6.07 Å². The molecule has 0 saturated carbocycles. The van der Waals surface area contributed by atoms with E-state index in [9.17, 15) is 0 Å². The number of fused-ring (bicyclic) bond motifs is 27. The zero-order chi connectivity index (χ0) is 52.7. The number of nitrogens with zero attached hydrogens (tertiary/aromatic N) is 2. The highest BCUT2D eigenvalue weighted by molar-refractivity contribution is 6.14. The average Bonchev–Trinajstić information content (AvgIpc) is 3.35. The molecule has 0 saturated heterocycles. The van der Waals surface area contributed by atoms with Gasteiger partial charge >= 0.3 is 0 Å². The molecule has 2 spiro atoms. The van der Waals surface area contributed by atoms with Crippen molar-refractivity contribution in [3.8, 4) is 50.2 Å². The summed E-state index contributed by atoms with van der Waals surface area (Å²) in [7, 11) is 0. The van der Waals surface area contributed by atoms with E-state index in [1.165, 1.54) is 116 Å². The van der Waals surface area contributed by atoms with Crippen molar-refractivity contribution in [2.45, 2.75) is 10.8 Å². The van der Waals surface area contributed by atoms with Crippen LogP contribution in [-0.4, -0.2) is 4.57 Å². The van der Waals surface area contributed by atoms with Gasteiger partial charge in [-0.25, -0.2) is 0 Å². The molecule has 3 heteroatoms. The monoisotopic (exact) mass is 1030 g/mol. The topological polar surface area (TPSA) is 21.3 Å². The van der Waals surface area contributed by atoms with Crippen LogP contribution in [0.15, 0.2) is 283 Å². The molecule has 19 rings (SSSR count). The fourth-order valence-corrected chi connectivity index (χ4v) is 15.9. The van der Waals surface area contributed by atoms with Crippen LogP contribution in [-0.2, 0) is 10.8 Å². The minimum Gasteiger partial charge on any atom is -0.456 e. The zero-order valence-corrected chi connectivity index (χ0v) is 43.9. The van der Waals surface area contributed by atoms with Gasteiger partial charge in [-0.2, -0.15) is 0 Å². The number of furan rings is 1. The molecule has 1 unspecified atom stereocenters. The average molecular weight is 1030 g/mol. The predicted octanol–water partition coefficient (Wildman–Crippen LogP) is 20.0. The first-order valence-corrected chi connectivity index (χ1v) is 28.2. The van der Waals surface area contributed by atoms with Crippen molar-refractivity contribution < 1.29 is 4.42 Å². The summed E-state index contributed by atoms with van der Waals surface area (Å²) >= 11 is 0.